The Labute approximate surface area is 262 Å². The van der Waals surface area contributed by atoms with Crippen LogP contribution in [0.4, 0.5) is 14.6 Å². The third-order valence-corrected chi connectivity index (χ3v) is 10.6. The topological polar surface area (TPSA) is 86.6 Å². The molecule has 0 amide bonds. The molecule has 2 aromatic heterocycles. The molecule has 0 aliphatic carbocycles. The minimum absolute atomic E-state index is 0.0147. The number of hydrogen-bond acceptors (Lipinski definition) is 8. The summed E-state index contributed by atoms with van der Waals surface area (Å²) in [6.07, 6.45) is 11.1. The number of phenols is 1. The number of fused-ring (bicyclic) bond motifs is 5. The van der Waals surface area contributed by atoms with Gasteiger partial charge in [0.15, 0.2) is 5.82 Å². The summed E-state index contributed by atoms with van der Waals surface area (Å²) in [6, 6.07) is 6.96. The van der Waals surface area contributed by atoms with Gasteiger partial charge < -0.3 is 20.1 Å². The Morgan fingerprint density at radius 2 is 1.95 bits per heavy atom. The van der Waals surface area contributed by atoms with Crippen LogP contribution >= 0.6 is 15.9 Å². The van der Waals surface area contributed by atoms with Crippen molar-refractivity contribution in [1.29, 1.82) is 0 Å². The highest BCUT2D eigenvalue weighted by molar-refractivity contribution is 9.10. The summed E-state index contributed by atoms with van der Waals surface area (Å²) in [4.78, 5) is 19.1. The van der Waals surface area contributed by atoms with Crippen LogP contribution in [0, 0.1) is 18.2 Å². The third-order valence-electron chi connectivity index (χ3n) is 9.85. The largest absolute Gasteiger partial charge is 0.508 e. The average molecular weight is 662 g/mol. The number of alkyl halides is 1. The van der Waals surface area contributed by atoms with E-state index in [2.05, 4.69) is 37.0 Å². The van der Waals surface area contributed by atoms with Crippen LogP contribution in [0.3, 0.4) is 0 Å². The molecule has 4 atom stereocenters. The molecule has 4 aliphatic rings. The average Bonchev–Trinajstić information content (AvgIpc) is 3.66. The molecule has 0 spiro atoms. The lowest BCUT2D eigenvalue weighted by atomic mass is 9.94. The van der Waals surface area contributed by atoms with Gasteiger partial charge in [-0.2, -0.15) is 9.97 Å². The second-order valence-electron chi connectivity index (χ2n) is 12.6. The minimum Gasteiger partial charge on any atom is -0.508 e. The number of piperazine rings is 1. The Hall–Kier alpha value is -3.59. The van der Waals surface area contributed by atoms with Gasteiger partial charge in [-0.1, -0.05) is 12.0 Å². The van der Waals surface area contributed by atoms with Gasteiger partial charge in [0.05, 0.1) is 15.6 Å². The van der Waals surface area contributed by atoms with Gasteiger partial charge >= 0.3 is 6.01 Å². The highest BCUT2D eigenvalue weighted by Crippen LogP contribution is 2.43. The summed E-state index contributed by atoms with van der Waals surface area (Å²) in [5.74, 6) is 2.66. The second-order valence-corrected chi connectivity index (χ2v) is 13.4. The van der Waals surface area contributed by atoms with Gasteiger partial charge in [-0.3, -0.25) is 4.90 Å². The smallest absolute Gasteiger partial charge is 0.319 e. The molecule has 11 heteroatoms. The highest BCUT2D eigenvalue weighted by Gasteiger charge is 2.49. The number of pyridine rings is 1. The van der Waals surface area contributed by atoms with E-state index in [1.807, 2.05) is 0 Å². The number of hydrogen-bond donors (Lipinski definition) is 2. The first-order chi connectivity index (χ1) is 21.3. The van der Waals surface area contributed by atoms with Crippen molar-refractivity contribution in [2.24, 2.45) is 0 Å². The molecule has 226 valence electrons. The van der Waals surface area contributed by atoms with Crippen LogP contribution in [0.25, 0.3) is 32.9 Å². The Kier molecular flexibility index (Phi) is 6.66. The lowest BCUT2D eigenvalue weighted by Gasteiger charge is -2.34. The first-order valence-electron chi connectivity index (χ1n) is 15.1. The number of nitrogens with one attached hydrogen (secondary N) is 1. The first kappa shape index (κ1) is 27.9. The molecule has 4 aromatic rings. The molecule has 4 aliphatic heterocycles. The Morgan fingerprint density at radius 1 is 1.14 bits per heavy atom. The lowest BCUT2D eigenvalue weighted by Crippen LogP contribution is -2.51. The fourth-order valence-electron chi connectivity index (χ4n) is 7.88. The van der Waals surface area contributed by atoms with E-state index in [1.54, 1.807) is 24.4 Å². The fourth-order valence-corrected chi connectivity index (χ4v) is 8.47. The van der Waals surface area contributed by atoms with Crippen molar-refractivity contribution < 1.29 is 18.6 Å². The standard InChI is InChI=1S/C33H31BrF2N6O2/c1-2-23-26(36)7-4-18-10-22(43)11-24(27(18)23)25-13-37-30-29(28(25)34)39-32(40-31(30)41-15-20-5-6-21(16-41)38-20)44-17-33-8-3-9-42(33)14-19(35)12-33/h1,4,7,10-11,13,19-21,38,43H,3,5-6,8-9,12,14-17H2/t19-,20?,21?,33?/m1/s1. The fraction of sp³-hybridized carbons (Fsp3) is 0.424. The monoisotopic (exact) mass is 660 g/mol. The Morgan fingerprint density at radius 3 is 2.75 bits per heavy atom. The summed E-state index contributed by atoms with van der Waals surface area (Å²) < 4.78 is 36.3. The van der Waals surface area contributed by atoms with E-state index in [4.69, 9.17) is 26.1 Å². The maximum absolute atomic E-state index is 14.9. The van der Waals surface area contributed by atoms with Crippen LogP contribution in [-0.2, 0) is 0 Å². The number of phenolic OH excluding ortho intramolecular Hbond substituents is 1. The normalized spacial score (nSPS) is 26.4. The molecule has 8 rings (SSSR count). The third kappa shape index (κ3) is 4.49. The first-order valence-corrected chi connectivity index (χ1v) is 15.9. The SMILES string of the molecule is C#Cc1c(F)ccc2cc(O)cc(-c3cnc4c(N5CC6CCC(C5)N6)nc(OCC56CCCN5C[C@H](F)C6)nc4c3Br)c12. The zero-order valence-corrected chi connectivity index (χ0v) is 25.6. The van der Waals surface area contributed by atoms with Gasteiger partial charge in [0.25, 0.3) is 0 Å². The number of halogens is 3. The number of nitrogens with zero attached hydrogens (tertiary/aromatic N) is 5. The van der Waals surface area contributed by atoms with Crippen molar-refractivity contribution in [3.05, 3.63) is 46.3 Å². The van der Waals surface area contributed by atoms with Gasteiger partial charge in [-0.25, -0.2) is 13.8 Å². The van der Waals surface area contributed by atoms with Crippen LogP contribution in [0.5, 0.6) is 11.8 Å². The van der Waals surface area contributed by atoms with E-state index < -0.39 is 12.0 Å². The van der Waals surface area contributed by atoms with Gasteiger partial charge in [-0.05, 0) is 77.3 Å². The van der Waals surface area contributed by atoms with Crippen LogP contribution in [0.15, 0.2) is 34.9 Å². The molecule has 6 heterocycles. The summed E-state index contributed by atoms with van der Waals surface area (Å²) >= 11 is 3.79. The maximum Gasteiger partial charge on any atom is 0.319 e. The molecule has 8 nitrogen and oxygen atoms in total. The summed E-state index contributed by atoms with van der Waals surface area (Å²) in [6.45, 7) is 3.18. The highest BCUT2D eigenvalue weighted by atomic mass is 79.9. The zero-order valence-electron chi connectivity index (χ0n) is 24.0. The molecule has 2 bridgehead atoms. The van der Waals surface area contributed by atoms with Crippen molar-refractivity contribution in [1.82, 2.24) is 25.2 Å². The number of ether oxygens (including phenoxy) is 1. The van der Waals surface area contributed by atoms with Crippen molar-refractivity contribution in [3.8, 4) is 35.2 Å². The minimum atomic E-state index is -0.862. The molecule has 4 saturated heterocycles. The predicted molar refractivity (Wildman–Crippen MR) is 168 cm³/mol. The van der Waals surface area contributed by atoms with Crippen LogP contribution in [0.2, 0.25) is 0 Å². The van der Waals surface area contributed by atoms with Crippen LogP contribution in [-0.4, -0.2) is 81.5 Å². The molecule has 0 radical (unpaired) electrons. The van der Waals surface area contributed by atoms with Crippen molar-refractivity contribution >= 4 is 43.6 Å². The van der Waals surface area contributed by atoms with Crippen molar-refractivity contribution in [2.45, 2.75) is 55.9 Å². The summed E-state index contributed by atoms with van der Waals surface area (Å²) in [5.41, 5.74) is 2.01. The van der Waals surface area contributed by atoms with Gasteiger partial charge in [0.2, 0.25) is 0 Å². The van der Waals surface area contributed by atoms with E-state index >= 15 is 0 Å². The lowest BCUT2D eigenvalue weighted by molar-refractivity contribution is 0.107. The quantitative estimate of drug-likeness (QED) is 0.278. The molecule has 3 unspecified atom stereocenters. The van der Waals surface area contributed by atoms with Crippen LogP contribution in [0.1, 0.15) is 37.7 Å². The summed E-state index contributed by atoms with van der Waals surface area (Å²) in [5, 5.41) is 15.4. The maximum atomic E-state index is 14.9. The summed E-state index contributed by atoms with van der Waals surface area (Å²) in [7, 11) is 0. The molecule has 44 heavy (non-hydrogen) atoms. The molecule has 2 N–H and O–H groups in total. The van der Waals surface area contributed by atoms with E-state index in [-0.39, 0.29) is 22.9 Å². The number of rotatable bonds is 5. The number of aromatic nitrogens is 3. The molecular weight excluding hydrogens is 630 g/mol. The Balaban J connectivity index is 1.28. The van der Waals surface area contributed by atoms with Crippen LogP contribution < -0.4 is 15.0 Å². The van der Waals surface area contributed by atoms with E-state index in [0.717, 1.165) is 45.3 Å². The van der Waals surface area contributed by atoms with Crippen molar-refractivity contribution in [2.75, 3.05) is 37.7 Å². The zero-order chi connectivity index (χ0) is 30.2. The molecule has 2 aromatic carbocycles. The number of anilines is 1. The molecular formula is C33H31BrF2N6O2. The van der Waals surface area contributed by atoms with E-state index in [9.17, 15) is 13.9 Å². The van der Waals surface area contributed by atoms with E-state index in [1.165, 1.54) is 6.07 Å². The number of terminal acetylenes is 1. The number of aromatic hydroxyl groups is 1. The van der Waals surface area contributed by atoms with Crippen molar-refractivity contribution in [3.63, 3.8) is 0 Å². The van der Waals surface area contributed by atoms with Gasteiger partial charge in [0, 0.05) is 55.3 Å². The van der Waals surface area contributed by atoms with E-state index in [0.29, 0.717) is 74.9 Å². The van der Waals surface area contributed by atoms with Gasteiger partial charge in [-0.15, -0.1) is 6.42 Å². The predicted octanol–water partition coefficient (Wildman–Crippen LogP) is 5.33. The molecule has 0 saturated carbocycles. The Bertz CT molecular complexity index is 1850. The van der Waals surface area contributed by atoms with Gasteiger partial charge in [0.1, 0.15) is 35.4 Å². The second kappa shape index (κ2) is 10.5. The number of benzene rings is 2. The molecule has 4 fully saturated rings.